The van der Waals surface area contributed by atoms with Crippen LogP contribution in [0.15, 0.2) is 12.2 Å². The Balaban J connectivity index is 0. The molecule has 0 aliphatic heterocycles. The molecular weight excluding hydrogens is 333 g/mol. The van der Waals surface area contributed by atoms with Crippen LogP contribution in [0.25, 0.3) is 0 Å². The fraction of sp³-hybridized carbons (Fsp3) is 0.778. The molecule has 3 unspecified atom stereocenters. The van der Waals surface area contributed by atoms with Crippen molar-refractivity contribution in [1.82, 2.24) is 0 Å². The molecule has 25 heavy (non-hydrogen) atoms. The van der Waals surface area contributed by atoms with Gasteiger partial charge in [0.15, 0.2) is 0 Å². The molecule has 0 saturated carbocycles. The summed E-state index contributed by atoms with van der Waals surface area (Å²) in [6.45, 7) is 6.58. The van der Waals surface area contributed by atoms with E-state index in [1.807, 2.05) is 6.08 Å². The average molecular weight is 366 g/mol. The van der Waals surface area contributed by atoms with E-state index in [0.717, 1.165) is 19.3 Å². The minimum Gasteiger partial charge on any atom is -0.550 e. The van der Waals surface area contributed by atoms with E-state index in [9.17, 15) is 24.9 Å². The first kappa shape index (κ1) is 26.8. The van der Waals surface area contributed by atoms with E-state index in [2.05, 4.69) is 13.0 Å². The topological polar surface area (TPSA) is 97.7 Å². The second kappa shape index (κ2) is 14.7. The molecule has 140 valence electrons. The van der Waals surface area contributed by atoms with Gasteiger partial charge >= 0.3 is 35.5 Å². The summed E-state index contributed by atoms with van der Waals surface area (Å²) in [4.78, 5) is 22.4. The zero-order valence-electron chi connectivity index (χ0n) is 16.2. The Morgan fingerprint density at radius 2 is 1.72 bits per heavy atom. The van der Waals surface area contributed by atoms with E-state index in [0.29, 0.717) is 13.1 Å². The van der Waals surface area contributed by atoms with E-state index in [1.165, 1.54) is 6.42 Å². The molecule has 0 bridgehead atoms. The predicted molar refractivity (Wildman–Crippen MR) is 91.1 cm³/mol. The maximum Gasteiger partial charge on any atom is 1.00 e. The van der Waals surface area contributed by atoms with E-state index in [1.54, 1.807) is 13.8 Å². The average Bonchev–Trinajstić information content (AvgIpc) is 2.50. The van der Waals surface area contributed by atoms with Crippen LogP contribution >= 0.6 is 0 Å². The van der Waals surface area contributed by atoms with Gasteiger partial charge in [-0.2, -0.15) is 0 Å². The van der Waals surface area contributed by atoms with Crippen LogP contribution in [0.4, 0.5) is 0 Å². The van der Waals surface area contributed by atoms with Gasteiger partial charge in [-0.05, 0) is 25.8 Å². The van der Waals surface area contributed by atoms with Crippen LogP contribution in [0.1, 0.15) is 46.5 Å². The first-order valence-electron chi connectivity index (χ1n) is 8.82. The molecule has 6 nitrogen and oxygen atoms in total. The van der Waals surface area contributed by atoms with E-state index in [-0.39, 0.29) is 53.7 Å². The minimum absolute atomic E-state index is 0. The SMILES string of the molecule is CCCCC/C=C/C[N+](CCO)(CC(C)C(=O)[O-])CC(C)C(=O)O.[Na+]. The molecule has 3 atom stereocenters. The normalized spacial score (nSPS) is 16.0. The van der Waals surface area contributed by atoms with Crippen LogP contribution < -0.4 is 34.7 Å². The number of carboxylic acid groups (broad SMARTS) is 2. The number of carboxylic acids is 2. The number of carbonyl (C=O) groups is 2. The van der Waals surface area contributed by atoms with Crippen LogP contribution in [-0.4, -0.2) is 59.4 Å². The second-order valence-electron chi connectivity index (χ2n) is 6.76. The number of rotatable bonds is 14. The molecule has 0 spiro atoms. The molecule has 0 saturated heterocycles. The Kier molecular flexibility index (Phi) is 15.8. The smallest absolute Gasteiger partial charge is 0.550 e. The molecule has 0 amide bonds. The third-order valence-corrected chi connectivity index (χ3v) is 4.35. The number of allylic oxidation sites excluding steroid dienone is 1. The number of unbranched alkanes of at least 4 members (excludes halogenated alkanes) is 3. The zero-order chi connectivity index (χ0) is 18.6. The van der Waals surface area contributed by atoms with Gasteiger partial charge in [0, 0.05) is 11.9 Å². The van der Waals surface area contributed by atoms with Crippen LogP contribution in [-0.2, 0) is 9.59 Å². The summed E-state index contributed by atoms with van der Waals surface area (Å²) in [5.41, 5.74) is 0. The van der Waals surface area contributed by atoms with Crippen molar-refractivity contribution in [3.63, 3.8) is 0 Å². The molecule has 0 aliphatic rings. The molecule has 0 heterocycles. The third kappa shape index (κ3) is 11.8. The molecule has 0 radical (unpaired) electrons. The molecule has 0 aliphatic carbocycles. The largest absolute Gasteiger partial charge is 1.00 e. The summed E-state index contributed by atoms with van der Waals surface area (Å²) in [6.07, 6.45) is 8.43. The Bertz CT molecular complexity index is 392. The predicted octanol–water partition coefficient (Wildman–Crippen LogP) is -1.96. The van der Waals surface area contributed by atoms with Crippen LogP contribution in [0, 0.1) is 11.8 Å². The Labute approximate surface area is 173 Å². The van der Waals surface area contributed by atoms with Gasteiger partial charge in [0.2, 0.25) is 0 Å². The van der Waals surface area contributed by atoms with Crippen molar-refractivity contribution >= 4 is 11.9 Å². The third-order valence-electron chi connectivity index (χ3n) is 4.35. The first-order chi connectivity index (χ1) is 11.3. The van der Waals surface area contributed by atoms with Gasteiger partial charge in [0.25, 0.3) is 0 Å². The number of aliphatic hydroxyl groups is 1. The number of quaternary nitrogens is 1. The van der Waals surface area contributed by atoms with Crippen molar-refractivity contribution in [2.24, 2.45) is 11.8 Å². The Morgan fingerprint density at radius 3 is 2.20 bits per heavy atom. The molecule has 0 aromatic carbocycles. The van der Waals surface area contributed by atoms with Crippen molar-refractivity contribution in [2.75, 3.05) is 32.8 Å². The van der Waals surface area contributed by atoms with Gasteiger partial charge in [-0.25, -0.2) is 0 Å². The van der Waals surface area contributed by atoms with Crippen molar-refractivity contribution in [2.45, 2.75) is 46.5 Å². The van der Waals surface area contributed by atoms with Gasteiger partial charge in [-0.3, -0.25) is 4.79 Å². The van der Waals surface area contributed by atoms with Gasteiger partial charge in [0.05, 0.1) is 26.2 Å². The first-order valence-corrected chi connectivity index (χ1v) is 8.82. The van der Waals surface area contributed by atoms with Crippen molar-refractivity contribution in [1.29, 1.82) is 0 Å². The maximum absolute atomic E-state index is 11.2. The zero-order valence-corrected chi connectivity index (χ0v) is 18.2. The van der Waals surface area contributed by atoms with Gasteiger partial charge in [-0.15, -0.1) is 0 Å². The van der Waals surface area contributed by atoms with E-state index < -0.39 is 23.8 Å². The van der Waals surface area contributed by atoms with Gasteiger partial charge < -0.3 is 24.6 Å². The minimum atomic E-state index is -1.15. The van der Waals surface area contributed by atoms with Crippen molar-refractivity contribution in [3.05, 3.63) is 12.2 Å². The summed E-state index contributed by atoms with van der Waals surface area (Å²) in [5, 5.41) is 29.8. The number of aliphatic carboxylic acids is 2. The number of hydrogen-bond donors (Lipinski definition) is 2. The molecule has 0 aromatic rings. The fourth-order valence-corrected chi connectivity index (χ4v) is 2.95. The quantitative estimate of drug-likeness (QED) is 0.161. The van der Waals surface area contributed by atoms with Crippen LogP contribution in [0.2, 0.25) is 0 Å². The Hall–Kier alpha value is -0.400. The molecule has 2 N–H and O–H groups in total. The summed E-state index contributed by atoms with van der Waals surface area (Å²) in [5.74, 6) is -3.38. The summed E-state index contributed by atoms with van der Waals surface area (Å²) in [6, 6.07) is 0. The number of carbonyl (C=O) groups excluding carboxylic acids is 1. The van der Waals surface area contributed by atoms with Gasteiger partial charge in [-0.1, -0.05) is 32.8 Å². The monoisotopic (exact) mass is 366 g/mol. The standard InChI is InChI=1S/C18H33NO5.Na/c1-4-5-6-7-8-9-10-19(11-12-20,13-15(2)17(21)22)14-16(3)18(23)24;/h8-9,15-16,20H,4-7,10-14H2,1-3H3,(H-,21,22,23,24);/q;+1/b9-8+;. The van der Waals surface area contributed by atoms with Crippen molar-refractivity contribution < 1.29 is 58.9 Å². The fourth-order valence-electron chi connectivity index (χ4n) is 2.95. The van der Waals surface area contributed by atoms with Crippen LogP contribution in [0.3, 0.4) is 0 Å². The molecule has 7 heteroatoms. The molecule has 0 fully saturated rings. The number of hydrogen-bond acceptors (Lipinski definition) is 4. The summed E-state index contributed by atoms with van der Waals surface area (Å²) >= 11 is 0. The van der Waals surface area contributed by atoms with Crippen LogP contribution in [0.5, 0.6) is 0 Å². The molecule has 0 rings (SSSR count). The number of nitrogens with zero attached hydrogens (tertiary/aromatic N) is 1. The van der Waals surface area contributed by atoms with E-state index in [4.69, 9.17) is 0 Å². The molecule has 0 aromatic heterocycles. The maximum atomic E-state index is 11.2. The number of aliphatic hydroxyl groups excluding tert-OH is 1. The summed E-state index contributed by atoms with van der Waals surface area (Å²) < 4.78 is 0.239. The Morgan fingerprint density at radius 1 is 1.12 bits per heavy atom. The van der Waals surface area contributed by atoms with Crippen molar-refractivity contribution in [3.8, 4) is 0 Å². The van der Waals surface area contributed by atoms with Gasteiger partial charge in [0.1, 0.15) is 12.5 Å². The second-order valence-corrected chi connectivity index (χ2v) is 6.76. The molecular formula is C18H33NNaO5+. The van der Waals surface area contributed by atoms with E-state index >= 15 is 0 Å². The summed E-state index contributed by atoms with van der Waals surface area (Å²) in [7, 11) is 0.